The summed E-state index contributed by atoms with van der Waals surface area (Å²) in [6, 6.07) is 4.09. The maximum atomic E-state index is 12.5. The highest BCUT2D eigenvalue weighted by molar-refractivity contribution is 5.88. The van der Waals surface area contributed by atoms with E-state index in [4.69, 9.17) is 9.47 Å². The van der Waals surface area contributed by atoms with Gasteiger partial charge in [-0.1, -0.05) is 0 Å². The number of hydrogen-bond donors (Lipinski definition) is 1. The van der Waals surface area contributed by atoms with Gasteiger partial charge in [-0.05, 0) is 12.1 Å². The molecule has 1 atom stereocenters. The van der Waals surface area contributed by atoms with Crippen LogP contribution in [0.5, 0.6) is 0 Å². The molecule has 1 aromatic rings. The summed E-state index contributed by atoms with van der Waals surface area (Å²) in [4.78, 5) is 23.4. The highest BCUT2D eigenvalue weighted by Gasteiger charge is 2.31. The standard InChI is InChI=1S/C17H25N5O3/c23-17(22-4-3-20-7-10-25-13-15(20)12-22)19-16-2-1-14(11-18-16)21-5-8-24-9-6-21/h1-2,11,15H,3-10,12-13H2,(H,18,19,23). The van der Waals surface area contributed by atoms with Gasteiger partial charge >= 0.3 is 6.03 Å². The molecular weight excluding hydrogens is 322 g/mol. The van der Waals surface area contributed by atoms with Crippen molar-refractivity contribution in [3.05, 3.63) is 18.3 Å². The molecular formula is C17H25N5O3. The van der Waals surface area contributed by atoms with Crippen molar-refractivity contribution < 1.29 is 14.3 Å². The van der Waals surface area contributed by atoms with Crippen LogP contribution in [0.3, 0.4) is 0 Å². The fourth-order valence-corrected chi connectivity index (χ4v) is 3.59. The second kappa shape index (κ2) is 7.55. The largest absolute Gasteiger partial charge is 0.378 e. The molecule has 0 radical (unpaired) electrons. The van der Waals surface area contributed by atoms with Crippen molar-refractivity contribution in [2.45, 2.75) is 6.04 Å². The Morgan fingerprint density at radius 1 is 1.08 bits per heavy atom. The van der Waals surface area contributed by atoms with E-state index in [0.29, 0.717) is 25.0 Å². The number of amides is 2. The Morgan fingerprint density at radius 3 is 2.72 bits per heavy atom. The molecule has 3 aliphatic rings. The Hall–Kier alpha value is -1.90. The minimum Gasteiger partial charge on any atom is -0.378 e. The second-order valence-electron chi connectivity index (χ2n) is 6.64. The first-order chi connectivity index (χ1) is 12.3. The van der Waals surface area contributed by atoms with Crippen molar-refractivity contribution in [2.75, 3.05) is 75.9 Å². The van der Waals surface area contributed by atoms with E-state index in [9.17, 15) is 4.79 Å². The number of nitrogens with one attached hydrogen (secondary N) is 1. The number of aromatic nitrogens is 1. The molecule has 3 saturated heterocycles. The number of carbonyl (C=O) groups is 1. The van der Waals surface area contributed by atoms with Crippen molar-refractivity contribution in [3.8, 4) is 0 Å². The van der Waals surface area contributed by atoms with Gasteiger partial charge in [0.05, 0.1) is 44.4 Å². The van der Waals surface area contributed by atoms with Crippen molar-refractivity contribution in [1.29, 1.82) is 0 Å². The lowest BCUT2D eigenvalue weighted by Gasteiger charge is -2.43. The Kier molecular flexibility index (Phi) is 5.00. The topological polar surface area (TPSA) is 70.2 Å². The highest BCUT2D eigenvalue weighted by atomic mass is 16.5. The monoisotopic (exact) mass is 347 g/mol. The third kappa shape index (κ3) is 3.86. The molecule has 136 valence electrons. The van der Waals surface area contributed by atoms with Crippen LogP contribution in [-0.4, -0.2) is 92.6 Å². The van der Waals surface area contributed by atoms with Crippen LogP contribution >= 0.6 is 0 Å². The maximum Gasteiger partial charge on any atom is 0.323 e. The number of ether oxygens (including phenoxy) is 2. The van der Waals surface area contributed by atoms with Crippen LogP contribution in [0.25, 0.3) is 0 Å². The van der Waals surface area contributed by atoms with Gasteiger partial charge in [0.1, 0.15) is 5.82 Å². The lowest BCUT2D eigenvalue weighted by atomic mass is 10.1. The normalized spacial score (nSPS) is 24.7. The molecule has 0 aliphatic carbocycles. The smallest absolute Gasteiger partial charge is 0.323 e. The molecule has 0 saturated carbocycles. The third-order valence-electron chi connectivity index (χ3n) is 5.08. The van der Waals surface area contributed by atoms with E-state index >= 15 is 0 Å². The molecule has 0 aromatic carbocycles. The zero-order chi connectivity index (χ0) is 17.1. The summed E-state index contributed by atoms with van der Waals surface area (Å²) in [6.45, 7) is 8.06. The number of urea groups is 1. The van der Waals surface area contributed by atoms with E-state index in [1.54, 1.807) is 0 Å². The van der Waals surface area contributed by atoms with Gasteiger partial charge in [-0.2, -0.15) is 0 Å². The van der Waals surface area contributed by atoms with Crippen LogP contribution in [0.4, 0.5) is 16.3 Å². The molecule has 2 amide bonds. The van der Waals surface area contributed by atoms with Crippen LogP contribution in [0, 0.1) is 0 Å². The van der Waals surface area contributed by atoms with Gasteiger partial charge < -0.3 is 19.3 Å². The van der Waals surface area contributed by atoms with Gasteiger partial charge in [0, 0.05) is 39.3 Å². The lowest BCUT2D eigenvalue weighted by Crippen LogP contribution is -2.59. The van der Waals surface area contributed by atoms with E-state index in [1.165, 1.54) is 0 Å². The van der Waals surface area contributed by atoms with Gasteiger partial charge in [0.2, 0.25) is 0 Å². The lowest BCUT2D eigenvalue weighted by molar-refractivity contribution is -0.0355. The summed E-state index contributed by atoms with van der Waals surface area (Å²) in [5.41, 5.74) is 1.06. The molecule has 3 aliphatic heterocycles. The molecule has 3 fully saturated rings. The molecule has 0 bridgehead atoms. The summed E-state index contributed by atoms with van der Waals surface area (Å²) in [7, 11) is 0. The number of anilines is 2. The Morgan fingerprint density at radius 2 is 1.92 bits per heavy atom. The number of carbonyl (C=O) groups excluding carboxylic acids is 1. The zero-order valence-electron chi connectivity index (χ0n) is 14.4. The van der Waals surface area contributed by atoms with E-state index in [0.717, 1.165) is 58.2 Å². The molecule has 4 rings (SSSR count). The summed E-state index contributed by atoms with van der Waals surface area (Å²) in [5, 5.41) is 2.91. The fraction of sp³-hybridized carbons (Fsp3) is 0.647. The molecule has 8 heteroatoms. The number of morpholine rings is 2. The molecule has 4 heterocycles. The van der Waals surface area contributed by atoms with Crippen molar-refractivity contribution in [1.82, 2.24) is 14.8 Å². The number of hydrogen-bond acceptors (Lipinski definition) is 6. The first kappa shape index (κ1) is 16.6. The van der Waals surface area contributed by atoms with E-state index in [-0.39, 0.29) is 6.03 Å². The number of piperazine rings is 1. The number of pyridine rings is 1. The van der Waals surface area contributed by atoms with Gasteiger partial charge in [-0.25, -0.2) is 9.78 Å². The number of nitrogens with zero attached hydrogens (tertiary/aromatic N) is 4. The molecule has 1 N–H and O–H groups in total. The zero-order valence-corrected chi connectivity index (χ0v) is 14.4. The molecule has 0 spiro atoms. The van der Waals surface area contributed by atoms with Crippen LogP contribution < -0.4 is 10.2 Å². The fourth-order valence-electron chi connectivity index (χ4n) is 3.59. The summed E-state index contributed by atoms with van der Waals surface area (Å²) in [5.74, 6) is 0.587. The number of rotatable bonds is 2. The minimum atomic E-state index is -0.0863. The Bertz CT molecular complexity index is 590. The van der Waals surface area contributed by atoms with E-state index in [1.807, 2.05) is 23.2 Å². The van der Waals surface area contributed by atoms with Gasteiger partial charge in [-0.15, -0.1) is 0 Å². The molecule has 1 aromatic heterocycles. The van der Waals surface area contributed by atoms with Crippen LogP contribution in [0.1, 0.15) is 0 Å². The molecule has 25 heavy (non-hydrogen) atoms. The van der Waals surface area contributed by atoms with Gasteiger partial charge in [0.15, 0.2) is 0 Å². The summed E-state index contributed by atoms with van der Waals surface area (Å²) in [6.07, 6.45) is 1.81. The number of fused-ring (bicyclic) bond motifs is 1. The summed E-state index contributed by atoms with van der Waals surface area (Å²) >= 11 is 0. The van der Waals surface area contributed by atoms with Crippen molar-refractivity contribution in [2.24, 2.45) is 0 Å². The first-order valence-corrected chi connectivity index (χ1v) is 8.96. The Labute approximate surface area is 147 Å². The average Bonchev–Trinajstić information content (AvgIpc) is 2.69. The first-order valence-electron chi connectivity index (χ1n) is 8.96. The SMILES string of the molecule is O=C(Nc1ccc(N2CCOCC2)cn1)N1CCN2CCOCC2C1. The third-order valence-corrected chi connectivity index (χ3v) is 5.08. The van der Waals surface area contributed by atoms with E-state index < -0.39 is 0 Å². The second-order valence-corrected chi connectivity index (χ2v) is 6.64. The van der Waals surface area contributed by atoms with Crippen LogP contribution in [-0.2, 0) is 9.47 Å². The molecule has 8 nitrogen and oxygen atoms in total. The van der Waals surface area contributed by atoms with Crippen LogP contribution in [0.15, 0.2) is 18.3 Å². The van der Waals surface area contributed by atoms with Gasteiger partial charge in [-0.3, -0.25) is 10.2 Å². The maximum absolute atomic E-state index is 12.5. The van der Waals surface area contributed by atoms with Crippen molar-refractivity contribution >= 4 is 17.5 Å². The van der Waals surface area contributed by atoms with Gasteiger partial charge in [0.25, 0.3) is 0 Å². The van der Waals surface area contributed by atoms with Crippen molar-refractivity contribution in [3.63, 3.8) is 0 Å². The predicted octanol–water partition coefficient (Wildman–Crippen LogP) is 0.467. The summed E-state index contributed by atoms with van der Waals surface area (Å²) < 4.78 is 10.9. The quantitative estimate of drug-likeness (QED) is 0.839. The van der Waals surface area contributed by atoms with E-state index in [2.05, 4.69) is 20.1 Å². The predicted molar refractivity (Wildman–Crippen MR) is 94.0 cm³/mol. The highest BCUT2D eigenvalue weighted by Crippen LogP contribution is 2.18. The van der Waals surface area contributed by atoms with Crippen LogP contribution in [0.2, 0.25) is 0 Å². The minimum absolute atomic E-state index is 0.0863. The Balaban J connectivity index is 1.33. The average molecular weight is 347 g/mol. The molecule has 1 unspecified atom stereocenters.